The molecule has 4 rings (SSSR count). The van der Waals surface area contributed by atoms with Crippen LogP contribution < -0.4 is 5.32 Å². The van der Waals surface area contributed by atoms with Gasteiger partial charge in [0.25, 0.3) is 0 Å². The van der Waals surface area contributed by atoms with Gasteiger partial charge in [0, 0.05) is 44.6 Å². The van der Waals surface area contributed by atoms with E-state index in [0.717, 1.165) is 22.7 Å². The Morgan fingerprint density at radius 3 is 2.61 bits per heavy atom. The van der Waals surface area contributed by atoms with E-state index in [2.05, 4.69) is 15.2 Å². The lowest BCUT2D eigenvalue weighted by molar-refractivity contribution is -0.142. The number of benzene rings is 1. The highest BCUT2D eigenvalue weighted by molar-refractivity contribution is 5.76. The first-order valence-electron chi connectivity index (χ1n) is 11.0. The first-order chi connectivity index (χ1) is 16.0. The van der Waals surface area contributed by atoms with Gasteiger partial charge in [0.1, 0.15) is 17.2 Å². The second-order valence-corrected chi connectivity index (χ2v) is 7.74. The number of nitrogens with one attached hydrogen (secondary N) is 1. The minimum absolute atomic E-state index is 0.160. The molecule has 0 radical (unpaired) electrons. The minimum atomic E-state index is -0.318. The summed E-state index contributed by atoms with van der Waals surface area (Å²) in [7, 11) is 0. The Morgan fingerprint density at radius 1 is 1.12 bits per heavy atom. The van der Waals surface area contributed by atoms with Crippen molar-refractivity contribution in [3.8, 4) is 5.69 Å². The van der Waals surface area contributed by atoms with Crippen molar-refractivity contribution >= 4 is 23.2 Å². The standard InChI is InChI=1S/C23H27FN6O3/c1-2-33-21(31)9-11-26-23(32)29-14-12-28(13-15-29)16-20-27-19-4-3-10-25-22(19)30(20)18-7-5-17(24)6-8-18/h3-8,10H,2,9,11-16H2,1H3,(H,26,32). The molecule has 0 atom stereocenters. The topological polar surface area (TPSA) is 92.6 Å². The molecule has 2 amide bonds. The van der Waals surface area contributed by atoms with E-state index >= 15 is 0 Å². The fourth-order valence-corrected chi connectivity index (χ4v) is 3.85. The number of carbonyl (C=O) groups is 2. The zero-order valence-corrected chi connectivity index (χ0v) is 18.5. The van der Waals surface area contributed by atoms with E-state index in [4.69, 9.17) is 9.72 Å². The summed E-state index contributed by atoms with van der Waals surface area (Å²) in [5, 5.41) is 2.77. The van der Waals surface area contributed by atoms with Crippen molar-refractivity contribution < 1.29 is 18.7 Å². The lowest BCUT2D eigenvalue weighted by Gasteiger charge is -2.34. The summed E-state index contributed by atoms with van der Waals surface area (Å²) < 4.78 is 20.3. The minimum Gasteiger partial charge on any atom is -0.466 e. The second kappa shape index (κ2) is 10.4. The number of pyridine rings is 1. The van der Waals surface area contributed by atoms with Gasteiger partial charge in [-0.05, 0) is 43.3 Å². The summed E-state index contributed by atoms with van der Waals surface area (Å²) in [6, 6.07) is 9.85. The van der Waals surface area contributed by atoms with E-state index < -0.39 is 0 Å². The van der Waals surface area contributed by atoms with Crippen molar-refractivity contribution in [3.05, 3.63) is 54.2 Å². The monoisotopic (exact) mass is 454 g/mol. The molecule has 174 valence electrons. The van der Waals surface area contributed by atoms with Crippen LogP contribution >= 0.6 is 0 Å². The molecule has 1 aliphatic rings. The van der Waals surface area contributed by atoms with Crippen LogP contribution in [0.25, 0.3) is 16.9 Å². The Labute approximate surface area is 191 Å². The van der Waals surface area contributed by atoms with Gasteiger partial charge >= 0.3 is 12.0 Å². The number of fused-ring (bicyclic) bond motifs is 1. The van der Waals surface area contributed by atoms with E-state index in [1.165, 1.54) is 12.1 Å². The van der Waals surface area contributed by atoms with Gasteiger partial charge in [-0.25, -0.2) is 19.2 Å². The Kier molecular flexibility index (Phi) is 7.13. The molecule has 10 heteroatoms. The normalized spacial score (nSPS) is 14.4. The van der Waals surface area contributed by atoms with Gasteiger partial charge in [-0.1, -0.05) is 0 Å². The number of piperazine rings is 1. The molecular formula is C23H27FN6O3. The SMILES string of the molecule is CCOC(=O)CCNC(=O)N1CCN(Cc2nc3cccnc3n2-c2ccc(F)cc2)CC1. The number of amides is 2. The van der Waals surface area contributed by atoms with Crippen molar-refractivity contribution in [2.45, 2.75) is 19.9 Å². The molecule has 3 aromatic rings. The lowest BCUT2D eigenvalue weighted by atomic mass is 10.3. The quantitative estimate of drug-likeness (QED) is 0.551. The number of hydrogen-bond acceptors (Lipinski definition) is 6. The highest BCUT2D eigenvalue weighted by Crippen LogP contribution is 2.21. The van der Waals surface area contributed by atoms with Crippen LogP contribution in [0.5, 0.6) is 0 Å². The number of aromatic nitrogens is 3. The number of carbonyl (C=O) groups excluding carboxylic acids is 2. The number of imidazole rings is 1. The van der Waals surface area contributed by atoms with Gasteiger partial charge in [0.15, 0.2) is 5.65 Å². The summed E-state index contributed by atoms with van der Waals surface area (Å²) in [5.74, 6) is 0.193. The van der Waals surface area contributed by atoms with Gasteiger partial charge in [-0.3, -0.25) is 14.3 Å². The molecule has 1 fully saturated rings. The van der Waals surface area contributed by atoms with Crippen LogP contribution in [-0.2, 0) is 16.1 Å². The maximum absolute atomic E-state index is 13.5. The van der Waals surface area contributed by atoms with Gasteiger partial charge in [0.2, 0.25) is 0 Å². The summed E-state index contributed by atoms with van der Waals surface area (Å²) in [4.78, 5) is 37.0. The number of rotatable bonds is 7. The van der Waals surface area contributed by atoms with Gasteiger partial charge in [-0.15, -0.1) is 0 Å². The molecule has 1 saturated heterocycles. The molecular weight excluding hydrogens is 427 g/mol. The van der Waals surface area contributed by atoms with Crippen molar-refractivity contribution in [1.82, 2.24) is 29.7 Å². The summed E-state index contributed by atoms with van der Waals surface area (Å²) in [5.41, 5.74) is 2.29. The maximum Gasteiger partial charge on any atom is 0.317 e. The van der Waals surface area contributed by atoms with Crippen LogP contribution in [-0.4, -0.2) is 75.7 Å². The molecule has 0 bridgehead atoms. The van der Waals surface area contributed by atoms with E-state index in [1.807, 2.05) is 16.7 Å². The van der Waals surface area contributed by atoms with Crippen LogP contribution in [0.1, 0.15) is 19.2 Å². The Morgan fingerprint density at radius 2 is 1.88 bits per heavy atom. The highest BCUT2D eigenvalue weighted by Gasteiger charge is 2.23. The highest BCUT2D eigenvalue weighted by atomic mass is 19.1. The molecule has 2 aromatic heterocycles. The van der Waals surface area contributed by atoms with Crippen LogP contribution in [0, 0.1) is 5.82 Å². The molecule has 0 aliphatic carbocycles. The predicted molar refractivity (Wildman–Crippen MR) is 120 cm³/mol. The third-order valence-corrected chi connectivity index (χ3v) is 5.51. The summed E-state index contributed by atoms with van der Waals surface area (Å²) in [6.45, 7) is 5.43. The van der Waals surface area contributed by atoms with Crippen LogP contribution in [0.15, 0.2) is 42.6 Å². The van der Waals surface area contributed by atoms with E-state index in [-0.39, 0.29) is 30.8 Å². The number of urea groups is 1. The Hall–Kier alpha value is -3.53. The third-order valence-electron chi connectivity index (χ3n) is 5.51. The first kappa shape index (κ1) is 22.7. The second-order valence-electron chi connectivity index (χ2n) is 7.74. The zero-order valence-electron chi connectivity index (χ0n) is 18.5. The van der Waals surface area contributed by atoms with Gasteiger partial charge < -0.3 is 15.0 Å². The van der Waals surface area contributed by atoms with E-state index in [1.54, 1.807) is 30.2 Å². The number of nitrogens with zero attached hydrogens (tertiary/aromatic N) is 5. The molecule has 1 N–H and O–H groups in total. The smallest absolute Gasteiger partial charge is 0.317 e. The van der Waals surface area contributed by atoms with Crippen LogP contribution in [0.4, 0.5) is 9.18 Å². The number of esters is 1. The molecule has 0 saturated carbocycles. The Bertz CT molecular complexity index is 1110. The zero-order chi connectivity index (χ0) is 23.2. The largest absolute Gasteiger partial charge is 0.466 e. The Balaban J connectivity index is 1.38. The molecule has 0 spiro atoms. The third kappa shape index (κ3) is 5.46. The first-order valence-corrected chi connectivity index (χ1v) is 11.0. The number of halogens is 1. The van der Waals surface area contributed by atoms with Crippen molar-refractivity contribution in [2.75, 3.05) is 39.3 Å². The van der Waals surface area contributed by atoms with Crippen molar-refractivity contribution in [1.29, 1.82) is 0 Å². The molecule has 33 heavy (non-hydrogen) atoms. The van der Waals surface area contributed by atoms with E-state index in [0.29, 0.717) is 39.3 Å². The average Bonchev–Trinajstić information content (AvgIpc) is 3.18. The molecule has 3 heterocycles. The molecule has 1 aromatic carbocycles. The van der Waals surface area contributed by atoms with E-state index in [9.17, 15) is 14.0 Å². The predicted octanol–water partition coefficient (Wildman–Crippen LogP) is 2.34. The molecule has 0 unspecified atom stereocenters. The number of ether oxygens (including phenoxy) is 1. The fraction of sp³-hybridized carbons (Fsp3) is 0.391. The summed E-state index contributed by atoms with van der Waals surface area (Å²) in [6.07, 6.45) is 1.88. The van der Waals surface area contributed by atoms with Crippen LogP contribution in [0.3, 0.4) is 0 Å². The average molecular weight is 455 g/mol. The van der Waals surface area contributed by atoms with Gasteiger partial charge in [0.05, 0.1) is 19.6 Å². The molecule has 9 nitrogen and oxygen atoms in total. The van der Waals surface area contributed by atoms with Crippen molar-refractivity contribution in [2.24, 2.45) is 0 Å². The maximum atomic E-state index is 13.5. The molecule has 1 aliphatic heterocycles. The fourth-order valence-electron chi connectivity index (χ4n) is 3.85. The van der Waals surface area contributed by atoms with Crippen LogP contribution in [0.2, 0.25) is 0 Å². The van der Waals surface area contributed by atoms with Crippen molar-refractivity contribution in [3.63, 3.8) is 0 Å². The van der Waals surface area contributed by atoms with Gasteiger partial charge in [-0.2, -0.15) is 0 Å². The number of hydrogen-bond donors (Lipinski definition) is 1. The summed E-state index contributed by atoms with van der Waals surface area (Å²) >= 11 is 0. The lowest BCUT2D eigenvalue weighted by Crippen LogP contribution is -2.51.